The highest BCUT2D eigenvalue weighted by atomic mass is 32.1. The van der Waals surface area contributed by atoms with Gasteiger partial charge in [0.1, 0.15) is 0 Å². The van der Waals surface area contributed by atoms with E-state index in [4.69, 9.17) is 4.74 Å². The summed E-state index contributed by atoms with van der Waals surface area (Å²) in [6, 6.07) is 15.4. The molecule has 2 heterocycles. The minimum Gasteiger partial charge on any atom is -0.379 e. The van der Waals surface area contributed by atoms with Gasteiger partial charge in [-0.05, 0) is 24.1 Å². The molecule has 1 N–H and O–H groups in total. The Hall–Kier alpha value is -2.61. The Morgan fingerprint density at radius 3 is 2.67 bits per heavy atom. The van der Waals surface area contributed by atoms with Crippen molar-refractivity contribution in [2.75, 3.05) is 31.6 Å². The van der Waals surface area contributed by atoms with Crippen LogP contribution in [0.1, 0.15) is 35.2 Å². The lowest BCUT2D eigenvalue weighted by Crippen LogP contribution is -2.35. The van der Waals surface area contributed by atoms with E-state index in [2.05, 4.69) is 27.3 Å². The molecule has 0 radical (unpaired) electrons. The van der Waals surface area contributed by atoms with Gasteiger partial charge in [0.2, 0.25) is 5.91 Å². The van der Waals surface area contributed by atoms with E-state index in [0.29, 0.717) is 30.0 Å². The second-order valence-electron chi connectivity index (χ2n) is 7.40. The van der Waals surface area contributed by atoms with Crippen molar-refractivity contribution < 1.29 is 14.3 Å². The topological polar surface area (TPSA) is 71.5 Å². The molecule has 3 aromatic rings. The number of thiazole rings is 1. The standard InChI is InChI=1S/C23H25N3O3S/c27-20(18-5-2-1-3-6-18)7-4-8-22(28)25-23-24-19-10-9-17(15-21(19)30-23)16-26-11-13-29-14-12-26/h1-3,5-6,9-10,15H,4,7-8,11-14,16H2,(H,24,25,28). The average Bonchev–Trinajstić information content (AvgIpc) is 3.16. The first-order valence-electron chi connectivity index (χ1n) is 10.2. The highest BCUT2D eigenvalue weighted by Crippen LogP contribution is 2.27. The molecule has 1 amide bonds. The van der Waals surface area contributed by atoms with Crippen LogP contribution in [0.3, 0.4) is 0 Å². The summed E-state index contributed by atoms with van der Waals surface area (Å²) in [5, 5.41) is 3.48. The number of benzene rings is 2. The molecule has 1 fully saturated rings. The molecule has 0 saturated carbocycles. The van der Waals surface area contributed by atoms with Gasteiger partial charge in [-0.15, -0.1) is 0 Å². The van der Waals surface area contributed by atoms with Crippen LogP contribution in [-0.2, 0) is 16.1 Å². The molecule has 0 spiro atoms. The van der Waals surface area contributed by atoms with E-state index >= 15 is 0 Å². The second-order valence-corrected chi connectivity index (χ2v) is 8.43. The minimum absolute atomic E-state index is 0.0659. The number of carbonyl (C=O) groups excluding carboxylic acids is 2. The van der Waals surface area contributed by atoms with Crippen molar-refractivity contribution in [1.29, 1.82) is 0 Å². The van der Waals surface area contributed by atoms with Gasteiger partial charge in [-0.1, -0.05) is 47.7 Å². The third kappa shape index (κ3) is 5.50. The van der Waals surface area contributed by atoms with Crippen molar-refractivity contribution in [2.24, 2.45) is 0 Å². The van der Waals surface area contributed by atoms with Crippen LogP contribution in [0.5, 0.6) is 0 Å². The summed E-state index contributed by atoms with van der Waals surface area (Å²) in [5.74, 6) is -0.0420. The lowest BCUT2D eigenvalue weighted by molar-refractivity contribution is -0.116. The Morgan fingerprint density at radius 2 is 1.87 bits per heavy atom. The maximum absolute atomic E-state index is 12.3. The van der Waals surface area contributed by atoms with Crippen LogP contribution < -0.4 is 5.32 Å². The normalized spacial score (nSPS) is 14.7. The van der Waals surface area contributed by atoms with Gasteiger partial charge in [-0.2, -0.15) is 0 Å². The SMILES string of the molecule is O=C(CCCC(=O)c1ccccc1)Nc1nc2ccc(CN3CCOCC3)cc2s1. The Balaban J connectivity index is 1.28. The lowest BCUT2D eigenvalue weighted by Gasteiger charge is -2.26. The van der Waals surface area contributed by atoms with Crippen molar-refractivity contribution in [3.05, 3.63) is 59.7 Å². The number of morpholine rings is 1. The molecule has 4 rings (SSSR count). The molecule has 1 saturated heterocycles. The summed E-state index contributed by atoms with van der Waals surface area (Å²) in [5.41, 5.74) is 2.82. The third-order valence-corrected chi connectivity index (χ3v) is 6.05. The number of carbonyl (C=O) groups is 2. The van der Waals surface area contributed by atoms with E-state index < -0.39 is 0 Å². The molecule has 0 aliphatic carbocycles. The number of rotatable bonds is 8. The van der Waals surface area contributed by atoms with Gasteiger partial charge in [0.05, 0.1) is 23.4 Å². The quantitative estimate of drug-likeness (QED) is 0.552. The molecule has 30 heavy (non-hydrogen) atoms. The van der Waals surface area contributed by atoms with E-state index in [1.807, 2.05) is 24.3 Å². The van der Waals surface area contributed by atoms with Crippen LogP contribution in [0.4, 0.5) is 5.13 Å². The van der Waals surface area contributed by atoms with Gasteiger partial charge in [0.15, 0.2) is 10.9 Å². The first-order chi connectivity index (χ1) is 14.7. The van der Waals surface area contributed by atoms with Crippen LogP contribution in [0.15, 0.2) is 48.5 Å². The zero-order chi connectivity index (χ0) is 20.8. The first-order valence-corrected chi connectivity index (χ1v) is 11.1. The summed E-state index contributed by atoms with van der Waals surface area (Å²) in [6.07, 6.45) is 1.19. The number of ketones is 1. The zero-order valence-corrected chi connectivity index (χ0v) is 17.6. The number of hydrogen-bond donors (Lipinski definition) is 1. The smallest absolute Gasteiger partial charge is 0.226 e. The van der Waals surface area contributed by atoms with Gasteiger partial charge in [-0.25, -0.2) is 4.98 Å². The van der Waals surface area contributed by atoms with Gasteiger partial charge < -0.3 is 10.1 Å². The van der Waals surface area contributed by atoms with Crippen LogP contribution >= 0.6 is 11.3 Å². The minimum atomic E-state index is -0.108. The molecule has 7 heteroatoms. The lowest BCUT2D eigenvalue weighted by atomic mass is 10.1. The highest BCUT2D eigenvalue weighted by molar-refractivity contribution is 7.22. The van der Waals surface area contributed by atoms with E-state index in [0.717, 1.165) is 43.1 Å². The van der Waals surface area contributed by atoms with Crippen molar-refractivity contribution in [2.45, 2.75) is 25.8 Å². The summed E-state index contributed by atoms with van der Waals surface area (Å²) in [4.78, 5) is 31.3. The van der Waals surface area contributed by atoms with Crippen molar-refractivity contribution >= 4 is 38.4 Å². The van der Waals surface area contributed by atoms with Crippen LogP contribution in [0.25, 0.3) is 10.2 Å². The number of nitrogens with one attached hydrogen (secondary N) is 1. The third-order valence-electron chi connectivity index (χ3n) is 5.11. The molecule has 1 aliphatic heterocycles. The number of anilines is 1. The van der Waals surface area contributed by atoms with Crippen LogP contribution in [-0.4, -0.2) is 47.9 Å². The molecule has 0 bridgehead atoms. The molecule has 1 aliphatic rings. The second kappa shape index (κ2) is 9.93. The summed E-state index contributed by atoms with van der Waals surface area (Å²) >= 11 is 1.49. The molecular formula is C23H25N3O3S. The monoisotopic (exact) mass is 423 g/mol. The predicted octanol–water partition coefficient (Wildman–Crippen LogP) is 4.12. The van der Waals surface area contributed by atoms with Crippen molar-refractivity contribution in [3.8, 4) is 0 Å². The molecule has 1 aromatic heterocycles. The van der Waals surface area contributed by atoms with Gasteiger partial charge in [0, 0.05) is 38.0 Å². The van der Waals surface area contributed by atoms with Gasteiger partial charge in [0.25, 0.3) is 0 Å². The fourth-order valence-electron chi connectivity index (χ4n) is 3.50. The van der Waals surface area contributed by atoms with E-state index in [1.54, 1.807) is 12.1 Å². The number of Topliss-reactive ketones (excluding diaryl/α,β-unsaturated/α-hetero) is 1. The van der Waals surface area contributed by atoms with Crippen molar-refractivity contribution in [3.63, 3.8) is 0 Å². The summed E-state index contributed by atoms with van der Waals surface area (Å²) in [6.45, 7) is 4.38. The Labute approximate surface area is 179 Å². The number of fused-ring (bicyclic) bond motifs is 1. The van der Waals surface area contributed by atoms with E-state index in [1.165, 1.54) is 16.9 Å². The highest BCUT2D eigenvalue weighted by Gasteiger charge is 2.13. The summed E-state index contributed by atoms with van der Waals surface area (Å²) < 4.78 is 6.47. The van der Waals surface area contributed by atoms with E-state index in [9.17, 15) is 9.59 Å². The predicted molar refractivity (Wildman–Crippen MR) is 119 cm³/mol. The molecule has 6 nitrogen and oxygen atoms in total. The maximum Gasteiger partial charge on any atom is 0.226 e. The van der Waals surface area contributed by atoms with E-state index in [-0.39, 0.29) is 11.7 Å². The zero-order valence-electron chi connectivity index (χ0n) is 16.8. The van der Waals surface area contributed by atoms with Gasteiger partial charge >= 0.3 is 0 Å². The van der Waals surface area contributed by atoms with Crippen LogP contribution in [0, 0.1) is 0 Å². The molecule has 156 valence electrons. The van der Waals surface area contributed by atoms with Gasteiger partial charge in [-0.3, -0.25) is 14.5 Å². The van der Waals surface area contributed by atoms with Crippen molar-refractivity contribution in [1.82, 2.24) is 9.88 Å². The number of nitrogens with zero attached hydrogens (tertiary/aromatic N) is 2. The molecule has 0 unspecified atom stereocenters. The average molecular weight is 424 g/mol. The molecule has 2 aromatic carbocycles. The number of amides is 1. The Morgan fingerprint density at radius 1 is 1.07 bits per heavy atom. The van der Waals surface area contributed by atoms with Crippen LogP contribution in [0.2, 0.25) is 0 Å². The fraction of sp³-hybridized carbons (Fsp3) is 0.348. The fourth-order valence-corrected chi connectivity index (χ4v) is 4.44. The maximum atomic E-state index is 12.3. The summed E-state index contributed by atoms with van der Waals surface area (Å²) in [7, 11) is 0. The largest absolute Gasteiger partial charge is 0.379 e. The molecular weight excluding hydrogens is 398 g/mol. The Bertz CT molecular complexity index is 1010. The first kappa shape index (κ1) is 20.7. The number of hydrogen-bond acceptors (Lipinski definition) is 6. The molecule has 0 atom stereocenters. The number of ether oxygens (including phenoxy) is 1. The number of aromatic nitrogens is 1. The Kier molecular flexibility index (Phi) is 6.84.